The zero-order valence-electron chi connectivity index (χ0n) is 14.3. The summed E-state index contributed by atoms with van der Waals surface area (Å²) in [6.07, 6.45) is 1.54. The van der Waals surface area contributed by atoms with Gasteiger partial charge in [0.15, 0.2) is 0 Å². The smallest absolute Gasteiger partial charge is 0.261 e. The molecule has 6 heteroatoms. The van der Waals surface area contributed by atoms with Gasteiger partial charge in [-0.15, -0.1) is 0 Å². The molecule has 128 valence electrons. The number of aryl methyl sites for hydroxylation is 3. The van der Waals surface area contributed by atoms with E-state index >= 15 is 0 Å². The first kappa shape index (κ1) is 16.7. The lowest BCUT2D eigenvalue weighted by atomic mass is 10.1. The van der Waals surface area contributed by atoms with Gasteiger partial charge in [0, 0.05) is 24.1 Å². The number of hydrogen-bond acceptors (Lipinski definition) is 4. The third-order valence-corrected chi connectivity index (χ3v) is 4.10. The second-order valence-corrected chi connectivity index (χ2v) is 5.94. The highest BCUT2D eigenvalue weighted by atomic mass is 16.3. The summed E-state index contributed by atoms with van der Waals surface area (Å²) in [7, 11) is 0. The minimum absolute atomic E-state index is 0.0625. The predicted octanol–water partition coefficient (Wildman–Crippen LogP) is 2.99. The van der Waals surface area contributed by atoms with Crippen molar-refractivity contribution in [2.24, 2.45) is 0 Å². The average Bonchev–Trinajstić information content (AvgIpc) is 2.57. The Bertz CT molecular complexity index is 1040. The van der Waals surface area contributed by atoms with E-state index < -0.39 is 5.91 Å². The number of phenols is 1. The molecule has 2 aromatic heterocycles. The van der Waals surface area contributed by atoms with Crippen molar-refractivity contribution in [3.63, 3.8) is 0 Å². The lowest BCUT2D eigenvalue weighted by Crippen LogP contribution is -2.24. The first-order chi connectivity index (χ1) is 11.9. The molecule has 6 nitrogen and oxygen atoms in total. The molecule has 1 amide bonds. The number of nitrogens with one attached hydrogen (secondary N) is 1. The minimum Gasteiger partial charge on any atom is -0.508 e. The van der Waals surface area contributed by atoms with Gasteiger partial charge in [0.05, 0.1) is 5.39 Å². The molecular weight excluding hydrogens is 318 g/mol. The van der Waals surface area contributed by atoms with E-state index in [9.17, 15) is 14.7 Å². The van der Waals surface area contributed by atoms with Crippen LogP contribution in [0, 0.1) is 13.8 Å². The SMILES string of the molecule is CCn1cc(C(=O)Nc2ccc(O)cc2C)c(=O)c2ccc(C)nc21. The van der Waals surface area contributed by atoms with Crippen molar-refractivity contribution < 1.29 is 9.90 Å². The minimum atomic E-state index is -0.483. The molecule has 0 bridgehead atoms. The van der Waals surface area contributed by atoms with Crippen LogP contribution in [0.25, 0.3) is 11.0 Å². The molecule has 3 aromatic rings. The van der Waals surface area contributed by atoms with Crippen molar-refractivity contribution in [1.29, 1.82) is 0 Å². The number of aromatic nitrogens is 2. The maximum Gasteiger partial charge on any atom is 0.261 e. The highest BCUT2D eigenvalue weighted by Crippen LogP contribution is 2.21. The summed E-state index contributed by atoms with van der Waals surface area (Å²) in [4.78, 5) is 29.8. The maximum atomic E-state index is 12.7. The van der Waals surface area contributed by atoms with Crippen LogP contribution >= 0.6 is 0 Å². The second-order valence-electron chi connectivity index (χ2n) is 5.94. The fraction of sp³-hybridized carbons (Fsp3) is 0.211. The molecule has 0 saturated carbocycles. The van der Waals surface area contributed by atoms with Crippen molar-refractivity contribution in [2.45, 2.75) is 27.3 Å². The van der Waals surface area contributed by atoms with Crippen molar-refractivity contribution in [2.75, 3.05) is 5.32 Å². The van der Waals surface area contributed by atoms with Crippen molar-refractivity contribution in [3.8, 4) is 5.75 Å². The number of nitrogens with zero attached hydrogens (tertiary/aromatic N) is 2. The van der Waals surface area contributed by atoms with Gasteiger partial charge in [-0.2, -0.15) is 0 Å². The van der Waals surface area contributed by atoms with Crippen LogP contribution < -0.4 is 10.7 Å². The molecule has 2 N–H and O–H groups in total. The number of aromatic hydroxyl groups is 1. The first-order valence-corrected chi connectivity index (χ1v) is 8.02. The Morgan fingerprint density at radius 3 is 2.68 bits per heavy atom. The van der Waals surface area contributed by atoms with Gasteiger partial charge in [0.2, 0.25) is 5.43 Å². The van der Waals surface area contributed by atoms with Crippen LogP contribution in [0.4, 0.5) is 5.69 Å². The Morgan fingerprint density at radius 2 is 2.00 bits per heavy atom. The largest absolute Gasteiger partial charge is 0.508 e. The van der Waals surface area contributed by atoms with Crippen LogP contribution in [0.15, 0.2) is 41.3 Å². The number of carbonyl (C=O) groups excluding carboxylic acids is 1. The lowest BCUT2D eigenvalue weighted by Gasteiger charge is -2.12. The summed E-state index contributed by atoms with van der Waals surface area (Å²) < 4.78 is 1.79. The molecule has 3 rings (SSSR count). The number of hydrogen-bond donors (Lipinski definition) is 2. The Hall–Kier alpha value is -3.15. The summed E-state index contributed by atoms with van der Waals surface area (Å²) in [5.41, 5.74) is 2.36. The van der Waals surface area contributed by atoms with E-state index in [-0.39, 0.29) is 16.7 Å². The van der Waals surface area contributed by atoms with Crippen LogP contribution in [-0.4, -0.2) is 20.6 Å². The summed E-state index contributed by atoms with van der Waals surface area (Å²) in [5.74, 6) is -0.362. The van der Waals surface area contributed by atoms with Gasteiger partial charge >= 0.3 is 0 Å². The van der Waals surface area contributed by atoms with E-state index in [0.717, 1.165) is 5.69 Å². The first-order valence-electron chi connectivity index (χ1n) is 8.02. The van der Waals surface area contributed by atoms with Crippen molar-refractivity contribution in [1.82, 2.24) is 9.55 Å². The zero-order chi connectivity index (χ0) is 18.1. The lowest BCUT2D eigenvalue weighted by molar-refractivity contribution is 0.102. The van der Waals surface area contributed by atoms with E-state index in [1.807, 2.05) is 13.8 Å². The fourth-order valence-electron chi connectivity index (χ4n) is 2.74. The summed E-state index contributed by atoms with van der Waals surface area (Å²) in [6, 6.07) is 8.10. The normalized spacial score (nSPS) is 10.8. The number of rotatable bonds is 3. The molecule has 2 heterocycles. The zero-order valence-corrected chi connectivity index (χ0v) is 14.3. The highest BCUT2D eigenvalue weighted by molar-refractivity contribution is 6.06. The van der Waals surface area contributed by atoms with Gasteiger partial charge in [0.25, 0.3) is 5.91 Å². The summed E-state index contributed by atoms with van der Waals surface area (Å²) in [5, 5.41) is 12.6. The third kappa shape index (κ3) is 3.10. The van der Waals surface area contributed by atoms with Crippen LogP contribution in [-0.2, 0) is 6.54 Å². The van der Waals surface area contributed by atoms with Gasteiger partial charge < -0.3 is 15.0 Å². The molecule has 0 spiro atoms. The number of carbonyl (C=O) groups is 1. The molecule has 0 saturated heterocycles. The Morgan fingerprint density at radius 1 is 1.24 bits per heavy atom. The molecule has 25 heavy (non-hydrogen) atoms. The summed E-state index contributed by atoms with van der Waals surface area (Å²) >= 11 is 0. The van der Waals surface area contributed by atoms with E-state index in [1.165, 1.54) is 6.07 Å². The van der Waals surface area contributed by atoms with Gasteiger partial charge in [-0.3, -0.25) is 9.59 Å². The number of benzene rings is 1. The van der Waals surface area contributed by atoms with E-state index in [1.54, 1.807) is 42.0 Å². The van der Waals surface area contributed by atoms with E-state index in [2.05, 4.69) is 10.3 Å². The molecule has 0 fully saturated rings. The van der Waals surface area contributed by atoms with Crippen LogP contribution in [0.1, 0.15) is 28.5 Å². The Labute approximate surface area is 144 Å². The maximum absolute atomic E-state index is 12.7. The fourth-order valence-corrected chi connectivity index (χ4v) is 2.74. The quantitative estimate of drug-likeness (QED) is 0.720. The molecule has 0 atom stereocenters. The van der Waals surface area contributed by atoms with Crippen molar-refractivity contribution in [3.05, 3.63) is 63.6 Å². The van der Waals surface area contributed by atoms with Gasteiger partial charge in [0.1, 0.15) is 17.0 Å². The van der Waals surface area contributed by atoms with E-state index in [0.29, 0.717) is 28.8 Å². The Kier molecular flexibility index (Phi) is 4.27. The molecule has 0 aliphatic carbocycles. The Balaban J connectivity index is 2.08. The second kappa shape index (κ2) is 6.39. The average molecular weight is 337 g/mol. The molecule has 0 unspecified atom stereocenters. The molecule has 0 aliphatic rings. The number of pyridine rings is 2. The number of anilines is 1. The molecule has 0 radical (unpaired) electrons. The highest BCUT2D eigenvalue weighted by Gasteiger charge is 2.17. The van der Waals surface area contributed by atoms with Crippen LogP contribution in [0.5, 0.6) is 5.75 Å². The van der Waals surface area contributed by atoms with Crippen LogP contribution in [0.2, 0.25) is 0 Å². The topological polar surface area (TPSA) is 84.2 Å². The van der Waals surface area contributed by atoms with Gasteiger partial charge in [-0.25, -0.2) is 4.98 Å². The molecular formula is C19H19N3O3. The number of phenolic OH excluding ortho intramolecular Hbond substituents is 1. The predicted molar refractivity (Wildman–Crippen MR) is 97.2 cm³/mol. The standard InChI is InChI=1S/C19H19N3O3/c1-4-22-10-15(17(24)14-7-5-12(3)20-18(14)22)19(25)21-16-8-6-13(23)9-11(16)2/h5-10,23H,4H2,1-3H3,(H,21,25). The van der Waals surface area contributed by atoms with Gasteiger partial charge in [-0.1, -0.05) is 0 Å². The van der Waals surface area contributed by atoms with E-state index in [4.69, 9.17) is 0 Å². The van der Waals surface area contributed by atoms with Crippen LogP contribution in [0.3, 0.4) is 0 Å². The third-order valence-electron chi connectivity index (χ3n) is 4.10. The van der Waals surface area contributed by atoms with Gasteiger partial charge in [-0.05, 0) is 56.7 Å². The molecule has 1 aromatic carbocycles. The number of fused-ring (bicyclic) bond motifs is 1. The number of amides is 1. The monoisotopic (exact) mass is 337 g/mol. The molecule has 0 aliphatic heterocycles. The summed E-state index contributed by atoms with van der Waals surface area (Å²) in [6.45, 7) is 6.15. The van der Waals surface area contributed by atoms with Crippen molar-refractivity contribution >= 4 is 22.6 Å².